The molecule has 0 aliphatic heterocycles. The third-order valence-corrected chi connectivity index (χ3v) is 5.90. The van der Waals surface area contributed by atoms with Crippen molar-refractivity contribution in [3.05, 3.63) is 50.4 Å². The lowest BCUT2D eigenvalue weighted by atomic mass is 9.96. The number of hydrogen-bond donors (Lipinski definition) is 2. The van der Waals surface area contributed by atoms with Crippen LogP contribution in [0.5, 0.6) is 0 Å². The minimum absolute atomic E-state index is 0.191. The van der Waals surface area contributed by atoms with Gasteiger partial charge >= 0.3 is 0 Å². The van der Waals surface area contributed by atoms with Crippen LogP contribution in [0.25, 0.3) is 0 Å². The highest BCUT2D eigenvalue weighted by atomic mass is 35.5. The molecule has 0 unspecified atom stereocenters. The predicted molar refractivity (Wildman–Crippen MR) is 102 cm³/mol. The van der Waals surface area contributed by atoms with E-state index in [0.717, 1.165) is 28.2 Å². The Morgan fingerprint density at radius 2 is 2.12 bits per heavy atom. The average Bonchev–Trinajstić information content (AvgIpc) is 3.29. The van der Waals surface area contributed by atoms with Gasteiger partial charge in [-0.3, -0.25) is 4.99 Å². The number of rotatable bonds is 5. The highest BCUT2D eigenvalue weighted by molar-refractivity contribution is 7.11. The fourth-order valence-electron chi connectivity index (χ4n) is 2.78. The van der Waals surface area contributed by atoms with Crippen molar-refractivity contribution in [3.8, 4) is 0 Å². The van der Waals surface area contributed by atoms with Gasteiger partial charge in [0.15, 0.2) is 5.96 Å². The summed E-state index contributed by atoms with van der Waals surface area (Å²) in [5.41, 5.74) is 2.61. The maximum absolute atomic E-state index is 6.14. The first-order chi connectivity index (χ1) is 11.5. The number of halogens is 1. The van der Waals surface area contributed by atoms with Crippen LogP contribution in [0.4, 0.5) is 0 Å². The Balaban J connectivity index is 1.56. The van der Waals surface area contributed by atoms with Crippen LogP contribution in [-0.2, 0) is 12.0 Å². The lowest BCUT2D eigenvalue weighted by Crippen LogP contribution is -2.40. The zero-order valence-corrected chi connectivity index (χ0v) is 15.9. The molecule has 1 heterocycles. The van der Waals surface area contributed by atoms with E-state index in [1.54, 1.807) is 18.4 Å². The summed E-state index contributed by atoms with van der Waals surface area (Å²) < 4.78 is 0. The summed E-state index contributed by atoms with van der Waals surface area (Å²) in [7, 11) is 1.80. The molecule has 1 aliphatic rings. The monoisotopic (exact) mass is 362 g/mol. The molecule has 1 aromatic heterocycles. The number of nitrogens with zero attached hydrogens (tertiary/aromatic N) is 2. The summed E-state index contributed by atoms with van der Waals surface area (Å²) in [6.45, 7) is 5.71. The van der Waals surface area contributed by atoms with Crippen LogP contribution in [0.1, 0.15) is 34.0 Å². The summed E-state index contributed by atoms with van der Waals surface area (Å²) >= 11 is 7.87. The van der Waals surface area contributed by atoms with E-state index in [-0.39, 0.29) is 5.41 Å². The van der Waals surface area contributed by atoms with Gasteiger partial charge in [-0.1, -0.05) is 23.7 Å². The van der Waals surface area contributed by atoms with Gasteiger partial charge in [0.1, 0.15) is 5.01 Å². The number of aliphatic imine (C=N–C) groups is 1. The zero-order chi connectivity index (χ0) is 17.2. The number of guanidine groups is 1. The maximum atomic E-state index is 6.14. The van der Waals surface area contributed by atoms with Gasteiger partial charge < -0.3 is 10.6 Å². The van der Waals surface area contributed by atoms with Gasteiger partial charge in [-0.25, -0.2) is 4.98 Å². The van der Waals surface area contributed by atoms with E-state index in [1.165, 1.54) is 23.3 Å². The van der Waals surface area contributed by atoms with Gasteiger partial charge in [0.25, 0.3) is 0 Å². The van der Waals surface area contributed by atoms with E-state index in [0.29, 0.717) is 6.54 Å². The van der Waals surface area contributed by atoms with E-state index >= 15 is 0 Å². The van der Waals surface area contributed by atoms with E-state index in [9.17, 15) is 0 Å². The van der Waals surface area contributed by atoms with Crippen molar-refractivity contribution >= 4 is 28.9 Å². The molecule has 0 bridgehead atoms. The molecule has 0 saturated heterocycles. The van der Waals surface area contributed by atoms with Crippen molar-refractivity contribution in [2.75, 3.05) is 13.6 Å². The molecule has 1 saturated carbocycles. The second kappa shape index (κ2) is 7.11. The van der Waals surface area contributed by atoms with Crippen LogP contribution in [0.3, 0.4) is 0 Å². The van der Waals surface area contributed by atoms with Gasteiger partial charge in [0, 0.05) is 28.9 Å². The Morgan fingerprint density at radius 3 is 2.71 bits per heavy atom. The Labute approximate surface area is 152 Å². The van der Waals surface area contributed by atoms with Crippen LogP contribution >= 0.6 is 22.9 Å². The summed E-state index contributed by atoms with van der Waals surface area (Å²) in [4.78, 5) is 10.1. The van der Waals surface area contributed by atoms with Gasteiger partial charge in [0.05, 0.1) is 12.2 Å². The van der Waals surface area contributed by atoms with E-state index < -0.39 is 0 Å². The number of aromatic nitrogens is 1. The minimum atomic E-state index is 0.191. The average molecular weight is 363 g/mol. The number of aryl methyl sites for hydroxylation is 2. The number of nitrogens with one attached hydrogen (secondary N) is 2. The topological polar surface area (TPSA) is 49.3 Å². The standard InChI is InChI=1S/C18H23ClN4S/c1-12-13(2)24-16(23-12)10-21-17(20-3)22-11-18(7-8-18)14-5-4-6-15(19)9-14/h4-6,9H,7-8,10-11H2,1-3H3,(H2,20,21,22). The lowest BCUT2D eigenvalue weighted by Gasteiger charge is -2.19. The SMILES string of the molecule is CN=C(NCc1nc(C)c(C)s1)NCC1(c2cccc(Cl)c2)CC1. The molecule has 128 valence electrons. The third-order valence-electron chi connectivity index (χ3n) is 4.59. The molecule has 0 amide bonds. The predicted octanol–water partition coefficient (Wildman–Crippen LogP) is 3.81. The molecule has 2 N–H and O–H groups in total. The quantitative estimate of drug-likeness (QED) is 0.628. The van der Waals surface area contributed by atoms with Crippen molar-refractivity contribution < 1.29 is 0 Å². The molecule has 0 atom stereocenters. The molecule has 3 rings (SSSR count). The smallest absolute Gasteiger partial charge is 0.191 e. The highest BCUT2D eigenvalue weighted by Gasteiger charge is 2.44. The van der Waals surface area contributed by atoms with Gasteiger partial charge in [-0.15, -0.1) is 11.3 Å². The molecular weight excluding hydrogens is 340 g/mol. The minimum Gasteiger partial charge on any atom is -0.356 e. The molecule has 24 heavy (non-hydrogen) atoms. The second-order valence-corrected chi connectivity index (χ2v) is 8.04. The van der Waals surface area contributed by atoms with Crippen LogP contribution in [0.15, 0.2) is 29.3 Å². The van der Waals surface area contributed by atoms with Crippen LogP contribution < -0.4 is 10.6 Å². The normalized spacial score (nSPS) is 16.1. The number of hydrogen-bond acceptors (Lipinski definition) is 3. The highest BCUT2D eigenvalue weighted by Crippen LogP contribution is 2.48. The largest absolute Gasteiger partial charge is 0.356 e. The Bertz CT molecular complexity index is 730. The van der Waals surface area contributed by atoms with Crippen LogP contribution in [0.2, 0.25) is 5.02 Å². The van der Waals surface area contributed by atoms with E-state index in [2.05, 4.69) is 39.7 Å². The lowest BCUT2D eigenvalue weighted by molar-refractivity contribution is 0.645. The zero-order valence-electron chi connectivity index (χ0n) is 14.3. The molecule has 0 spiro atoms. The summed E-state index contributed by atoms with van der Waals surface area (Å²) in [5.74, 6) is 0.814. The molecule has 2 aromatic rings. The first-order valence-corrected chi connectivity index (χ1v) is 9.35. The summed E-state index contributed by atoms with van der Waals surface area (Å²) in [6.07, 6.45) is 2.37. The molecule has 0 radical (unpaired) electrons. The fraction of sp³-hybridized carbons (Fsp3) is 0.444. The molecular formula is C18H23ClN4S. The van der Waals surface area contributed by atoms with Crippen molar-refractivity contribution in [2.24, 2.45) is 4.99 Å². The molecule has 1 fully saturated rings. The van der Waals surface area contributed by atoms with Gasteiger partial charge in [-0.05, 0) is 44.4 Å². The fourth-order valence-corrected chi connectivity index (χ4v) is 3.85. The Hall–Kier alpha value is -1.59. The van der Waals surface area contributed by atoms with E-state index in [1.807, 2.05) is 19.1 Å². The molecule has 4 nitrogen and oxygen atoms in total. The van der Waals surface area contributed by atoms with Crippen molar-refractivity contribution in [2.45, 2.75) is 38.6 Å². The van der Waals surface area contributed by atoms with E-state index in [4.69, 9.17) is 11.6 Å². The number of benzene rings is 1. The first-order valence-electron chi connectivity index (χ1n) is 8.16. The summed E-state index contributed by atoms with van der Waals surface area (Å²) in [5, 5.41) is 8.69. The van der Waals surface area contributed by atoms with Crippen molar-refractivity contribution in [3.63, 3.8) is 0 Å². The molecule has 6 heteroatoms. The van der Waals surface area contributed by atoms with Gasteiger partial charge in [-0.2, -0.15) is 0 Å². The van der Waals surface area contributed by atoms with Crippen LogP contribution in [-0.4, -0.2) is 24.5 Å². The third kappa shape index (κ3) is 3.90. The van der Waals surface area contributed by atoms with Crippen LogP contribution in [0, 0.1) is 13.8 Å². The van der Waals surface area contributed by atoms with Gasteiger partial charge in [0.2, 0.25) is 0 Å². The molecule has 1 aliphatic carbocycles. The summed E-state index contributed by atoms with van der Waals surface area (Å²) in [6, 6.07) is 8.19. The Morgan fingerprint density at radius 1 is 1.33 bits per heavy atom. The second-order valence-electron chi connectivity index (χ2n) is 6.32. The first kappa shape index (κ1) is 17.2. The molecule has 1 aromatic carbocycles. The maximum Gasteiger partial charge on any atom is 0.191 e. The number of thiazole rings is 1. The van der Waals surface area contributed by atoms with Crippen molar-refractivity contribution in [1.29, 1.82) is 0 Å². The Kier molecular flexibility index (Phi) is 5.11. The van der Waals surface area contributed by atoms with Crippen molar-refractivity contribution in [1.82, 2.24) is 15.6 Å².